The number of hydrogen-bond acceptors (Lipinski definition) is 6. The Labute approximate surface area is 219 Å². The first-order chi connectivity index (χ1) is 18.5. The molecule has 2 aromatic carbocycles. The normalized spacial score (nSPS) is 16.5. The number of carbonyl (C=O) groups is 1. The molecule has 1 unspecified atom stereocenters. The van der Waals surface area contributed by atoms with Gasteiger partial charge in [-0.1, -0.05) is 18.2 Å². The lowest BCUT2D eigenvalue weighted by Gasteiger charge is -2.33. The van der Waals surface area contributed by atoms with Crippen LogP contribution in [0.15, 0.2) is 59.5 Å². The van der Waals surface area contributed by atoms with Crippen LogP contribution in [0.25, 0.3) is 21.9 Å². The first-order valence-electron chi connectivity index (χ1n) is 12.0. The van der Waals surface area contributed by atoms with E-state index in [1.165, 1.54) is 6.07 Å². The minimum Gasteiger partial charge on any atom is -0.342 e. The van der Waals surface area contributed by atoms with E-state index in [9.17, 15) is 32.2 Å². The molecular weight excluding hydrogens is 540 g/mol. The van der Waals surface area contributed by atoms with Gasteiger partial charge in [0.2, 0.25) is 5.91 Å². The van der Waals surface area contributed by atoms with Crippen molar-refractivity contribution in [1.82, 2.24) is 19.2 Å². The molecule has 1 amide bonds. The second-order valence-corrected chi connectivity index (χ2v) is 10.6. The maximum atomic E-state index is 13.9. The van der Waals surface area contributed by atoms with Gasteiger partial charge in [-0.05, 0) is 48.7 Å². The number of pyridine rings is 1. The van der Waals surface area contributed by atoms with Gasteiger partial charge in [0.15, 0.2) is 0 Å². The second kappa shape index (κ2) is 10.1. The Morgan fingerprint density at radius 1 is 1.15 bits per heavy atom. The Bertz CT molecular complexity index is 1660. The van der Waals surface area contributed by atoms with Crippen LogP contribution < -0.4 is 10.3 Å². The number of aromatic nitrogens is 3. The number of halogens is 3. The molecule has 0 saturated carbocycles. The molecule has 0 spiro atoms. The van der Waals surface area contributed by atoms with Crippen LogP contribution in [0, 0.1) is 0 Å². The van der Waals surface area contributed by atoms with Gasteiger partial charge in [-0.15, -0.1) is 4.73 Å². The number of hydrogen-bond donors (Lipinski definition) is 1. The van der Waals surface area contributed by atoms with Gasteiger partial charge in [0.05, 0.1) is 23.0 Å². The highest BCUT2D eigenvalue weighted by molar-refractivity contribution is 7.47. The predicted molar refractivity (Wildman–Crippen MR) is 135 cm³/mol. The summed E-state index contributed by atoms with van der Waals surface area (Å²) < 4.78 is 64.3. The Morgan fingerprint density at radius 3 is 2.59 bits per heavy atom. The highest BCUT2D eigenvalue weighted by Gasteiger charge is 2.38. The minimum absolute atomic E-state index is 0.142. The number of benzene rings is 2. The number of para-hydroxylation sites is 1. The summed E-state index contributed by atoms with van der Waals surface area (Å²) in [5, 5.41) is 0.904. The molecule has 1 atom stereocenters. The van der Waals surface area contributed by atoms with Gasteiger partial charge < -0.3 is 9.52 Å². The summed E-state index contributed by atoms with van der Waals surface area (Å²) >= 11 is 0. The van der Waals surface area contributed by atoms with E-state index in [0.29, 0.717) is 4.73 Å². The van der Waals surface area contributed by atoms with Crippen LogP contribution in [-0.2, 0) is 26.5 Å². The van der Waals surface area contributed by atoms with Gasteiger partial charge in [0.1, 0.15) is 5.52 Å². The molecule has 14 heteroatoms. The summed E-state index contributed by atoms with van der Waals surface area (Å²) in [5.74, 6) is -0.146. The number of likely N-dealkylation sites (tertiary alicyclic amines) is 1. The monoisotopic (exact) mass is 564 g/mol. The lowest BCUT2D eigenvalue weighted by molar-refractivity contribution is -0.136. The summed E-state index contributed by atoms with van der Waals surface area (Å²) in [5.41, 5.74) is -1.33. The number of alkyl halides is 3. The zero-order valence-corrected chi connectivity index (χ0v) is 21.6. The third-order valence-corrected chi connectivity index (χ3v) is 7.61. The Balaban J connectivity index is 1.41. The number of phosphoric ester groups is 1. The topological polar surface area (TPSA) is 116 Å². The maximum Gasteiger partial charge on any atom is 0.546 e. The number of nitrogens with zero attached hydrogens (tertiary/aromatic N) is 4. The lowest BCUT2D eigenvalue weighted by atomic mass is 10.0. The van der Waals surface area contributed by atoms with Crippen molar-refractivity contribution in [2.24, 2.45) is 0 Å². The van der Waals surface area contributed by atoms with Gasteiger partial charge in [-0.25, -0.2) is 9.36 Å². The first-order valence-corrected chi connectivity index (χ1v) is 13.5. The van der Waals surface area contributed by atoms with Crippen LogP contribution in [0.1, 0.15) is 30.0 Å². The second-order valence-electron chi connectivity index (χ2n) is 9.17. The molecule has 4 aromatic rings. The van der Waals surface area contributed by atoms with E-state index in [0.717, 1.165) is 40.3 Å². The quantitative estimate of drug-likeness (QED) is 0.353. The van der Waals surface area contributed by atoms with Crippen molar-refractivity contribution in [3.05, 3.63) is 76.3 Å². The number of carbonyl (C=O) groups excluding carboxylic acids is 1. The van der Waals surface area contributed by atoms with Gasteiger partial charge in [-0.3, -0.25) is 23.8 Å². The van der Waals surface area contributed by atoms with Gasteiger partial charge in [-0.2, -0.15) is 13.2 Å². The first kappa shape index (κ1) is 26.9. The molecule has 1 fully saturated rings. The molecular formula is C25H24F3N4O6P. The minimum atomic E-state index is -4.81. The number of imidazole rings is 1. The molecule has 1 saturated heterocycles. The van der Waals surface area contributed by atoms with E-state index < -0.39 is 36.8 Å². The number of phosphoric acid groups is 1. The Kier molecular flexibility index (Phi) is 7.00. The SMILES string of the molecule is COP(=O)(O)On1c(=O)n(C2CCN(C(=O)Cc3ccc4ncccc4c3)CC2)c2c(C(F)(F)F)cccc21. The van der Waals surface area contributed by atoms with Crippen molar-refractivity contribution in [1.29, 1.82) is 0 Å². The summed E-state index contributed by atoms with van der Waals surface area (Å²) in [7, 11) is -3.90. The van der Waals surface area contributed by atoms with Crippen molar-refractivity contribution in [2.45, 2.75) is 31.5 Å². The van der Waals surface area contributed by atoms with Gasteiger partial charge in [0.25, 0.3) is 0 Å². The molecule has 1 N–H and O–H groups in total. The number of fused-ring (bicyclic) bond motifs is 2. The van der Waals surface area contributed by atoms with Crippen molar-refractivity contribution < 1.29 is 36.6 Å². The molecule has 39 heavy (non-hydrogen) atoms. The zero-order chi connectivity index (χ0) is 27.9. The van der Waals surface area contributed by atoms with E-state index >= 15 is 0 Å². The molecule has 206 valence electrons. The lowest BCUT2D eigenvalue weighted by Crippen LogP contribution is -2.42. The number of rotatable bonds is 6. The summed E-state index contributed by atoms with van der Waals surface area (Å²) in [4.78, 5) is 41.9. The van der Waals surface area contributed by atoms with Crippen LogP contribution in [-0.4, -0.2) is 50.2 Å². The van der Waals surface area contributed by atoms with Crippen LogP contribution in [0.3, 0.4) is 0 Å². The van der Waals surface area contributed by atoms with E-state index in [2.05, 4.69) is 9.51 Å². The fraction of sp³-hybridized carbons (Fsp3) is 0.320. The van der Waals surface area contributed by atoms with Crippen LogP contribution >= 0.6 is 7.82 Å². The van der Waals surface area contributed by atoms with Gasteiger partial charge in [0, 0.05) is 37.8 Å². The van der Waals surface area contributed by atoms with E-state index in [1.54, 1.807) is 11.1 Å². The van der Waals surface area contributed by atoms with Crippen molar-refractivity contribution in [2.75, 3.05) is 20.2 Å². The largest absolute Gasteiger partial charge is 0.546 e. The molecule has 1 aliphatic heterocycles. The van der Waals surface area contributed by atoms with Crippen molar-refractivity contribution >= 4 is 35.7 Å². The molecule has 1 aliphatic rings. The molecule has 0 radical (unpaired) electrons. The summed E-state index contributed by atoms with van der Waals surface area (Å²) in [6.45, 7) is 0.423. The van der Waals surface area contributed by atoms with Crippen LogP contribution in [0.2, 0.25) is 0 Å². The molecule has 10 nitrogen and oxygen atoms in total. The van der Waals surface area contributed by atoms with Crippen molar-refractivity contribution in [3.8, 4) is 0 Å². The maximum absolute atomic E-state index is 13.9. The average Bonchev–Trinajstić information content (AvgIpc) is 3.18. The molecule has 0 bridgehead atoms. The highest BCUT2D eigenvalue weighted by atomic mass is 31.2. The number of piperidine rings is 1. The fourth-order valence-corrected chi connectivity index (χ4v) is 5.35. The summed E-state index contributed by atoms with van der Waals surface area (Å²) in [6.07, 6.45) is -2.59. The standard InChI is InChI=1S/C25H24F3N4O6P/c1-37-39(35,36)38-32-21-6-2-5-19(25(26,27)28)23(21)31(24(32)34)18-9-12-30(13-10-18)22(33)15-16-7-8-20-17(14-16)4-3-11-29-20/h2-8,11,14,18H,9-10,12-13,15H2,1H3,(H,35,36). The Hall–Kier alpha value is -3.67. The third-order valence-electron chi connectivity index (χ3n) is 6.78. The van der Waals surface area contributed by atoms with E-state index in [-0.39, 0.29) is 43.8 Å². The molecule has 5 rings (SSSR count). The van der Waals surface area contributed by atoms with Crippen LogP contribution in [0.5, 0.6) is 0 Å². The molecule has 3 heterocycles. The zero-order valence-electron chi connectivity index (χ0n) is 20.7. The summed E-state index contributed by atoms with van der Waals surface area (Å²) in [6, 6.07) is 11.6. The highest BCUT2D eigenvalue weighted by Crippen LogP contribution is 2.40. The fourth-order valence-electron chi connectivity index (χ4n) is 4.92. The third kappa shape index (κ3) is 5.29. The average molecular weight is 564 g/mol. The molecule has 2 aromatic heterocycles. The van der Waals surface area contributed by atoms with Gasteiger partial charge >= 0.3 is 19.7 Å². The molecule has 0 aliphatic carbocycles. The Morgan fingerprint density at radius 2 is 1.90 bits per heavy atom. The van der Waals surface area contributed by atoms with Crippen LogP contribution in [0.4, 0.5) is 13.2 Å². The van der Waals surface area contributed by atoms with E-state index in [1.807, 2.05) is 30.3 Å². The number of amides is 1. The predicted octanol–water partition coefficient (Wildman–Crippen LogP) is 3.95. The smallest absolute Gasteiger partial charge is 0.342 e. The van der Waals surface area contributed by atoms with Crippen molar-refractivity contribution in [3.63, 3.8) is 0 Å². The van der Waals surface area contributed by atoms with E-state index in [4.69, 9.17) is 4.62 Å².